The summed E-state index contributed by atoms with van der Waals surface area (Å²) in [5.41, 5.74) is 6.32. The van der Waals surface area contributed by atoms with Gasteiger partial charge in [-0.15, -0.1) is 0 Å². The third-order valence-electron chi connectivity index (χ3n) is 5.23. The highest BCUT2D eigenvalue weighted by Gasteiger charge is 2.04. The van der Waals surface area contributed by atoms with Crippen LogP contribution < -0.4 is 4.74 Å². The molecule has 0 aliphatic carbocycles. The molecule has 0 saturated heterocycles. The molecule has 0 atom stereocenters. The Morgan fingerprint density at radius 1 is 0.679 bits per heavy atom. The normalized spacial score (nSPS) is 11.0. The van der Waals surface area contributed by atoms with Crippen molar-refractivity contribution in [1.82, 2.24) is 0 Å². The molecule has 3 aromatic carbocycles. The first-order valence-electron chi connectivity index (χ1n) is 10.6. The summed E-state index contributed by atoms with van der Waals surface area (Å²) in [5, 5.41) is 0. The van der Waals surface area contributed by atoms with Crippen molar-refractivity contribution < 1.29 is 4.74 Å². The standard InChI is InChI=1S/C27H32O/c1-4-5-6-7-19-28-27-10-8-9-26(20-27)25-17-15-24(16-18-25)23-13-11-22(12-14-23)21(2)3/h8-18,20-21H,4-7,19H2,1-3H3. The smallest absolute Gasteiger partial charge is 0.119 e. The maximum atomic E-state index is 5.94. The van der Waals surface area contributed by atoms with Crippen molar-refractivity contribution >= 4 is 0 Å². The lowest BCUT2D eigenvalue weighted by Gasteiger charge is -2.10. The van der Waals surface area contributed by atoms with E-state index in [4.69, 9.17) is 4.74 Å². The first-order valence-corrected chi connectivity index (χ1v) is 10.6. The SMILES string of the molecule is CCCCCCOc1cccc(-c2ccc(-c3ccc(C(C)C)cc3)cc2)c1. The first kappa shape index (κ1) is 20.2. The molecule has 0 radical (unpaired) electrons. The molecular weight excluding hydrogens is 340 g/mol. The zero-order valence-corrected chi connectivity index (χ0v) is 17.4. The minimum atomic E-state index is 0.567. The average molecular weight is 373 g/mol. The summed E-state index contributed by atoms with van der Waals surface area (Å²) in [6.07, 6.45) is 4.92. The molecule has 3 rings (SSSR count). The van der Waals surface area contributed by atoms with Gasteiger partial charge in [0.15, 0.2) is 0 Å². The van der Waals surface area contributed by atoms with Crippen LogP contribution in [-0.4, -0.2) is 6.61 Å². The number of hydrogen-bond donors (Lipinski definition) is 0. The lowest BCUT2D eigenvalue weighted by atomic mass is 9.97. The van der Waals surface area contributed by atoms with Gasteiger partial charge in [0, 0.05) is 0 Å². The van der Waals surface area contributed by atoms with Gasteiger partial charge in [0.25, 0.3) is 0 Å². The number of ether oxygens (including phenoxy) is 1. The molecule has 0 bridgehead atoms. The third-order valence-corrected chi connectivity index (χ3v) is 5.23. The molecule has 1 nitrogen and oxygen atoms in total. The van der Waals surface area contributed by atoms with E-state index in [1.54, 1.807) is 0 Å². The van der Waals surface area contributed by atoms with Gasteiger partial charge in [0.1, 0.15) is 5.75 Å². The highest BCUT2D eigenvalue weighted by atomic mass is 16.5. The molecule has 0 N–H and O–H groups in total. The van der Waals surface area contributed by atoms with Gasteiger partial charge in [-0.25, -0.2) is 0 Å². The summed E-state index contributed by atoms with van der Waals surface area (Å²) in [5.74, 6) is 1.53. The molecule has 146 valence electrons. The van der Waals surface area contributed by atoms with Crippen molar-refractivity contribution in [1.29, 1.82) is 0 Å². The Bertz CT molecular complexity index is 844. The Labute approximate surface area is 170 Å². The molecule has 28 heavy (non-hydrogen) atoms. The third kappa shape index (κ3) is 5.48. The van der Waals surface area contributed by atoms with Crippen LogP contribution in [0.4, 0.5) is 0 Å². The van der Waals surface area contributed by atoms with Crippen LogP contribution in [0.5, 0.6) is 5.75 Å². The van der Waals surface area contributed by atoms with E-state index in [1.807, 2.05) is 6.07 Å². The molecule has 0 fully saturated rings. The predicted octanol–water partition coefficient (Wildman–Crippen LogP) is 8.10. The van der Waals surface area contributed by atoms with Crippen molar-refractivity contribution in [2.75, 3.05) is 6.61 Å². The minimum Gasteiger partial charge on any atom is -0.494 e. The van der Waals surface area contributed by atoms with E-state index >= 15 is 0 Å². The van der Waals surface area contributed by atoms with Crippen molar-refractivity contribution in [3.63, 3.8) is 0 Å². The molecule has 0 aromatic heterocycles. The summed E-state index contributed by atoms with van der Waals surface area (Å²) in [6, 6.07) is 26.1. The highest BCUT2D eigenvalue weighted by molar-refractivity contribution is 5.71. The van der Waals surface area contributed by atoms with Gasteiger partial charge < -0.3 is 4.74 Å². The largest absolute Gasteiger partial charge is 0.494 e. The van der Waals surface area contributed by atoms with Gasteiger partial charge in [-0.1, -0.05) is 101 Å². The van der Waals surface area contributed by atoms with Gasteiger partial charge in [-0.3, -0.25) is 0 Å². The van der Waals surface area contributed by atoms with Crippen LogP contribution in [0.25, 0.3) is 22.3 Å². The van der Waals surface area contributed by atoms with Crippen LogP contribution >= 0.6 is 0 Å². The number of rotatable bonds is 9. The van der Waals surface area contributed by atoms with Crippen molar-refractivity contribution in [3.8, 4) is 28.0 Å². The average Bonchev–Trinajstić information content (AvgIpc) is 2.74. The van der Waals surface area contributed by atoms with Gasteiger partial charge in [-0.2, -0.15) is 0 Å². The lowest BCUT2D eigenvalue weighted by molar-refractivity contribution is 0.305. The van der Waals surface area contributed by atoms with Crippen LogP contribution in [0.3, 0.4) is 0 Å². The fourth-order valence-electron chi connectivity index (χ4n) is 3.40. The number of benzene rings is 3. The summed E-state index contributed by atoms with van der Waals surface area (Å²) >= 11 is 0. The molecule has 0 spiro atoms. The topological polar surface area (TPSA) is 9.23 Å². The van der Waals surface area contributed by atoms with Crippen LogP contribution in [0.1, 0.15) is 57.9 Å². The molecular formula is C27H32O. The molecule has 0 aliphatic heterocycles. The number of unbranched alkanes of at least 4 members (excludes halogenated alkanes) is 3. The molecule has 0 saturated carbocycles. The summed E-state index contributed by atoms with van der Waals surface area (Å²) in [7, 11) is 0. The van der Waals surface area contributed by atoms with E-state index in [-0.39, 0.29) is 0 Å². The second-order valence-electron chi connectivity index (χ2n) is 7.79. The Balaban J connectivity index is 1.67. The van der Waals surface area contributed by atoms with Crippen molar-refractivity contribution in [2.45, 2.75) is 52.4 Å². The maximum absolute atomic E-state index is 5.94. The fourth-order valence-corrected chi connectivity index (χ4v) is 3.40. The van der Waals surface area contributed by atoms with Gasteiger partial charge >= 0.3 is 0 Å². The Morgan fingerprint density at radius 2 is 1.29 bits per heavy atom. The molecule has 1 heteroatoms. The van der Waals surface area contributed by atoms with E-state index in [9.17, 15) is 0 Å². The fraction of sp³-hybridized carbons (Fsp3) is 0.333. The molecule has 0 amide bonds. The van der Waals surface area contributed by atoms with Gasteiger partial charge in [-0.05, 0) is 52.3 Å². The summed E-state index contributed by atoms with van der Waals surface area (Å²) in [4.78, 5) is 0. The molecule has 0 unspecified atom stereocenters. The van der Waals surface area contributed by atoms with Crippen LogP contribution in [-0.2, 0) is 0 Å². The summed E-state index contributed by atoms with van der Waals surface area (Å²) < 4.78 is 5.94. The van der Waals surface area contributed by atoms with Crippen LogP contribution in [0, 0.1) is 0 Å². The quantitative estimate of drug-likeness (QED) is 0.345. The highest BCUT2D eigenvalue weighted by Crippen LogP contribution is 2.28. The van der Waals surface area contributed by atoms with E-state index in [1.165, 1.54) is 47.1 Å². The van der Waals surface area contributed by atoms with Crippen molar-refractivity contribution in [3.05, 3.63) is 78.4 Å². The zero-order chi connectivity index (χ0) is 19.8. The minimum absolute atomic E-state index is 0.567. The van der Waals surface area contributed by atoms with Crippen LogP contribution in [0.2, 0.25) is 0 Å². The number of hydrogen-bond acceptors (Lipinski definition) is 1. The predicted molar refractivity (Wildman–Crippen MR) is 121 cm³/mol. The maximum Gasteiger partial charge on any atom is 0.119 e. The summed E-state index contributed by atoms with van der Waals surface area (Å²) in [6.45, 7) is 7.49. The molecule has 3 aromatic rings. The molecule has 0 heterocycles. The van der Waals surface area contributed by atoms with Crippen LogP contribution in [0.15, 0.2) is 72.8 Å². The van der Waals surface area contributed by atoms with E-state index in [0.29, 0.717) is 5.92 Å². The second-order valence-corrected chi connectivity index (χ2v) is 7.79. The Kier molecular flexibility index (Phi) is 7.31. The van der Waals surface area contributed by atoms with Gasteiger partial charge in [0.2, 0.25) is 0 Å². The van der Waals surface area contributed by atoms with E-state index in [2.05, 4.69) is 87.5 Å². The second kappa shape index (κ2) is 10.1. The van der Waals surface area contributed by atoms with E-state index in [0.717, 1.165) is 18.8 Å². The zero-order valence-electron chi connectivity index (χ0n) is 17.4. The van der Waals surface area contributed by atoms with E-state index < -0.39 is 0 Å². The van der Waals surface area contributed by atoms with Crippen molar-refractivity contribution in [2.24, 2.45) is 0 Å². The lowest BCUT2D eigenvalue weighted by Crippen LogP contribution is -1.97. The molecule has 0 aliphatic rings. The van der Waals surface area contributed by atoms with Gasteiger partial charge in [0.05, 0.1) is 6.61 Å². The Morgan fingerprint density at radius 3 is 1.89 bits per heavy atom. The first-order chi connectivity index (χ1) is 13.7. The monoisotopic (exact) mass is 372 g/mol. The Hall–Kier alpha value is -2.54.